The minimum absolute atomic E-state index is 0.109. The third-order valence-electron chi connectivity index (χ3n) is 3.79. The van der Waals surface area contributed by atoms with Crippen LogP contribution >= 0.6 is 23.2 Å². The summed E-state index contributed by atoms with van der Waals surface area (Å²) in [6, 6.07) is 14.4. The highest BCUT2D eigenvalue weighted by Crippen LogP contribution is 2.23. The van der Waals surface area contributed by atoms with Crippen LogP contribution in [0.3, 0.4) is 0 Å². The van der Waals surface area contributed by atoms with Gasteiger partial charge < -0.3 is 10.1 Å². The second kappa shape index (κ2) is 7.81. The summed E-state index contributed by atoms with van der Waals surface area (Å²) >= 11 is 11.9. The third kappa shape index (κ3) is 4.36. The van der Waals surface area contributed by atoms with Crippen LogP contribution < -0.4 is 10.1 Å². The van der Waals surface area contributed by atoms with E-state index in [9.17, 15) is 4.79 Å². The van der Waals surface area contributed by atoms with Gasteiger partial charge in [-0.1, -0.05) is 35.3 Å². The molecule has 0 saturated heterocycles. The summed E-state index contributed by atoms with van der Waals surface area (Å²) < 4.78 is 7.11. The largest absolute Gasteiger partial charge is 0.484 e. The van der Waals surface area contributed by atoms with E-state index in [1.54, 1.807) is 48.1 Å². The van der Waals surface area contributed by atoms with Crippen LogP contribution in [0.15, 0.2) is 48.5 Å². The number of amides is 1. The molecule has 0 atom stereocenters. The topological polar surface area (TPSA) is 56.1 Å². The molecule has 0 saturated carbocycles. The van der Waals surface area contributed by atoms with Gasteiger partial charge in [-0.15, -0.1) is 0 Å². The van der Waals surface area contributed by atoms with Crippen LogP contribution in [-0.4, -0.2) is 22.3 Å². The molecule has 2 aromatic carbocycles. The van der Waals surface area contributed by atoms with Crippen molar-refractivity contribution in [1.82, 2.24) is 9.78 Å². The Kier molecular flexibility index (Phi) is 5.49. The van der Waals surface area contributed by atoms with E-state index in [1.165, 1.54) is 0 Å². The van der Waals surface area contributed by atoms with Crippen molar-refractivity contribution in [3.05, 3.63) is 64.1 Å². The number of rotatable bonds is 5. The predicted molar refractivity (Wildman–Crippen MR) is 104 cm³/mol. The van der Waals surface area contributed by atoms with Gasteiger partial charge in [-0.25, -0.2) is 0 Å². The second-order valence-electron chi connectivity index (χ2n) is 5.79. The molecule has 0 bridgehead atoms. The summed E-state index contributed by atoms with van der Waals surface area (Å²) in [7, 11) is 1.76. The molecule has 0 aliphatic heterocycles. The molecule has 26 heavy (non-hydrogen) atoms. The Labute approximate surface area is 161 Å². The van der Waals surface area contributed by atoms with Crippen molar-refractivity contribution in [2.75, 3.05) is 11.9 Å². The van der Waals surface area contributed by atoms with Gasteiger partial charge in [0, 0.05) is 28.7 Å². The minimum atomic E-state index is -0.275. The maximum absolute atomic E-state index is 12.2. The zero-order valence-electron chi connectivity index (χ0n) is 14.3. The quantitative estimate of drug-likeness (QED) is 0.686. The highest BCUT2D eigenvalue weighted by atomic mass is 35.5. The molecular formula is C19H17Cl2N3O2. The number of carbonyl (C=O) groups excluding carboxylic acids is 1. The Morgan fingerprint density at radius 2 is 1.88 bits per heavy atom. The molecule has 7 heteroatoms. The van der Waals surface area contributed by atoms with Crippen molar-refractivity contribution < 1.29 is 9.53 Å². The van der Waals surface area contributed by atoms with Gasteiger partial charge in [0.15, 0.2) is 6.61 Å². The Bertz CT molecular complexity index is 936. The lowest BCUT2D eigenvalue weighted by molar-refractivity contribution is -0.118. The smallest absolute Gasteiger partial charge is 0.263 e. The standard InChI is InChI=1S/C19H17Cl2N3O2/c1-12-9-15(7-8-16(12)21)26-11-19(25)22-18-10-17(23-24(18)2)13-3-5-14(20)6-4-13/h3-10H,11H2,1-2H3,(H,22,25). The highest BCUT2D eigenvalue weighted by Gasteiger charge is 2.11. The van der Waals surface area contributed by atoms with Crippen molar-refractivity contribution in [3.8, 4) is 17.0 Å². The molecule has 1 heterocycles. The molecule has 0 fully saturated rings. The summed E-state index contributed by atoms with van der Waals surface area (Å²) in [6.45, 7) is 1.77. The first-order chi connectivity index (χ1) is 12.4. The fourth-order valence-corrected chi connectivity index (χ4v) is 2.62. The lowest BCUT2D eigenvalue weighted by Gasteiger charge is -2.08. The number of anilines is 1. The molecule has 3 aromatic rings. The first kappa shape index (κ1) is 18.3. The Morgan fingerprint density at radius 1 is 1.15 bits per heavy atom. The third-order valence-corrected chi connectivity index (χ3v) is 4.46. The average molecular weight is 390 g/mol. The second-order valence-corrected chi connectivity index (χ2v) is 6.64. The molecule has 3 rings (SSSR count). The van der Waals surface area contributed by atoms with E-state index < -0.39 is 0 Å². The Balaban J connectivity index is 1.64. The highest BCUT2D eigenvalue weighted by molar-refractivity contribution is 6.31. The van der Waals surface area contributed by atoms with Gasteiger partial charge in [0.05, 0.1) is 5.69 Å². The average Bonchev–Trinajstić information content (AvgIpc) is 2.97. The molecule has 0 spiro atoms. The van der Waals surface area contributed by atoms with Gasteiger partial charge in [-0.3, -0.25) is 9.48 Å². The number of hydrogen-bond donors (Lipinski definition) is 1. The lowest BCUT2D eigenvalue weighted by atomic mass is 10.1. The minimum Gasteiger partial charge on any atom is -0.484 e. The van der Waals surface area contributed by atoms with Gasteiger partial charge in [0.1, 0.15) is 11.6 Å². The molecule has 1 aromatic heterocycles. The maximum atomic E-state index is 12.2. The van der Waals surface area contributed by atoms with E-state index in [-0.39, 0.29) is 12.5 Å². The molecule has 134 valence electrons. The van der Waals surface area contributed by atoms with Crippen molar-refractivity contribution in [3.63, 3.8) is 0 Å². The predicted octanol–water partition coefficient (Wildman–Crippen LogP) is 4.72. The lowest BCUT2D eigenvalue weighted by Crippen LogP contribution is -2.21. The summed E-state index contributed by atoms with van der Waals surface area (Å²) in [4.78, 5) is 12.2. The summed E-state index contributed by atoms with van der Waals surface area (Å²) in [5.74, 6) is 0.896. The normalized spacial score (nSPS) is 10.6. The fraction of sp³-hybridized carbons (Fsp3) is 0.158. The van der Waals surface area contributed by atoms with Gasteiger partial charge in [0.2, 0.25) is 0 Å². The van der Waals surface area contributed by atoms with Crippen LogP contribution in [-0.2, 0) is 11.8 Å². The molecule has 5 nitrogen and oxygen atoms in total. The number of hydrogen-bond acceptors (Lipinski definition) is 3. The Morgan fingerprint density at radius 3 is 2.58 bits per heavy atom. The van der Waals surface area contributed by atoms with Gasteiger partial charge in [-0.05, 0) is 42.8 Å². The van der Waals surface area contributed by atoms with Crippen LogP contribution in [0.1, 0.15) is 5.56 Å². The number of nitrogens with zero attached hydrogens (tertiary/aromatic N) is 2. The van der Waals surface area contributed by atoms with Crippen molar-refractivity contribution in [2.45, 2.75) is 6.92 Å². The molecule has 1 N–H and O–H groups in total. The summed E-state index contributed by atoms with van der Waals surface area (Å²) in [5.41, 5.74) is 2.55. The van der Waals surface area contributed by atoms with Crippen molar-refractivity contribution in [2.24, 2.45) is 7.05 Å². The first-order valence-electron chi connectivity index (χ1n) is 7.91. The van der Waals surface area contributed by atoms with E-state index in [0.717, 1.165) is 16.8 Å². The number of benzene rings is 2. The molecule has 0 unspecified atom stereocenters. The van der Waals surface area contributed by atoms with E-state index in [0.29, 0.717) is 21.6 Å². The zero-order chi connectivity index (χ0) is 18.7. The van der Waals surface area contributed by atoms with E-state index in [1.807, 2.05) is 19.1 Å². The number of nitrogens with one attached hydrogen (secondary N) is 1. The number of aryl methyl sites for hydroxylation is 2. The van der Waals surface area contributed by atoms with Crippen molar-refractivity contribution in [1.29, 1.82) is 0 Å². The summed E-state index contributed by atoms with van der Waals surface area (Å²) in [5, 5.41) is 8.52. The fourth-order valence-electron chi connectivity index (χ4n) is 2.38. The molecule has 1 amide bonds. The molecule has 0 aliphatic rings. The van der Waals surface area contributed by atoms with Crippen LogP contribution in [0, 0.1) is 6.92 Å². The molecule has 0 radical (unpaired) electrons. The van der Waals surface area contributed by atoms with Crippen molar-refractivity contribution >= 4 is 34.9 Å². The van der Waals surface area contributed by atoms with E-state index in [4.69, 9.17) is 27.9 Å². The number of aromatic nitrogens is 2. The van der Waals surface area contributed by atoms with E-state index >= 15 is 0 Å². The number of carbonyl (C=O) groups is 1. The van der Waals surface area contributed by atoms with Gasteiger partial charge in [-0.2, -0.15) is 5.10 Å². The number of halogens is 2. The number of ether oxygens (including phenoxy) is 1. The molecular weight excluding hydrogens is 373 g/mol. The summed E-state index contributed by atoms with van der Waals surface area (Å²) in [6.07, 6.45) is 0. The van der Waals surface area contributed by atoms with Crippen LogP contribution in [0.2, 0.25) is 10.0 Å². The van der Waals surface area contributed by atoms with Crippen LogP contribution in [0.5, 0.6) is 5.75 Å². The zero-order valence-corrected chi connectivity index (χ0v) is 15.8. The molecule has 0 aliphatic carbocycles. The van der Waals surface area contributed by atoms with Gasteiger partial charge in [0.25, 0.3) is 5.91 Å². The van der Waals surface area contributed by atoms with E-state index in [2.05, 4.69) is 10.4 Å². The van der Waals surface area contributed by atoms with Gasteiger partial charge >= 0.3 is 0 Å². The Hall–Kier alpha value is -2.50. The first-order valence-corrected chi connectivity index (χ1v) is 8.67. The van der Waals surface area contributed by atoms with Crippen LogP contribution in [0.25, 0.3) is 11.3 Å². The maximum Gasteiger partial charge on any atom is 0.263 e. The monoisotopic (exact) mass is 389 g/mol. The SMILES string of the molecule is Cc1cc(OCC(=O)Nc2cc(-c3ccc(Cl)cc3)nn2C)ccc1Cl. The van der Waals surface area contributed by atoms with Crippen LogP contribution in [0.4, 0.5) is 5.82 Å².